The quantitative estimate of drug-likeness (QED) is 0.377. The zero-order valence-corrected chi connectivity index (χ0v) is 12.2. The van der Waals surface area contributed by atoms with Gasteiger partial charge in [0.05, 0.1) is 0 Å². The first-order chi connectivity index (χ1) is 10.1. The summed E-state index contributed by atoms with van der Waals surface area (Å²) >= 11 is 0. The molecule has 0 spiro atoms. The SMILES string of the molecule is Cc1cc(/C(N)=N/O)cc(N(C)CCc2ccncc2)n1. The van der Waals surface area contributed by atoms with Crippen LogP contribution in [-0.2, 0) is 6.42 Å². The minimum atomic E-state index is 0.0873. The van der Waals surface area contributed by atoms with Gasteiger partial charge in [0.25, 0.3) is 0 Å². The Morgan fingerprint density at radius 3 is 2.71 bits per heavy atom. The summed E-state index contributed by atoms with van der Waals surface area (Å²) in [4.78, 5) is 10.5. The maximum Gasteiger partial charge on any atom is 0.170 e. The summed E-state index contributed by atoms with van der Waals surface area (Å²) < 4.78 is 0. The molecule has 2 aromatic rings. The van der Waals surface area contributed by atoms with Gasteiger partial charge in [-0.15, -0.1) is 0 Å². The van der Waals surface area contributed by atoms with E-state index in [1.54, 1.807) is 18.5 Å². The molecular formula is C15H19N5O. The van der Waals surface area contributed by atoms with Gasteiger partial charge in [-0.2, -0.15) is 0 Å². The summed E-state index contributed by atoms with van der Waals surface area (Å²) in [6.07, 6.45) is 4.47. The van der Waals surface area contributed by atoms with E-state index in [-0.39, 0.29) is 5.84 Å². The average molecular weight is 285 g/mol. The largest absolute Gasteiger partial charge is 0.409 e. The van der Waals surface area contributed by atoms with Gasteiger partial charge in [0, 0.05) is 37.2 Å². The predicted octanol–water partition coefficient (Wildman–Crippen LogP) is 1.56. The zero-order chi connectivity index (χ0) is 15.2. The Bertz CT molecular complexity index is 627. The molecule has 110 valence electrons. The van der Waals surface area contributed by atoms with E-state index in [4.69, 9.17) is 10.9 Å². The first-order valence-corrected chi connectivity index (χ1v) is 6.67. The van der Waals surface area contributed by atoms with Crippen LogP contribution in [0.4, 0.5) is 5.82 Å². The topological polar surface area (TPSA) is 87.6 Å². The van der Waals surface area contributed by atoms with E-state index in [1.165, 1.54) is 5.56 Å². The van der Waals surface area contributed by atoms with E-state index in [9.17, 15) is 0 Å². The average Bonchev–Trinajstić information content (AvgIpc) is 2.52. The van der Waals surface area contributed by atoms with E-state index < -0.39 is 0 Å². The molecule has 0 fully saturated rings. The molecule has 0 radical (unpaired) electrons. The normalized spacial score (nSPS) is 11.4. The molecule has 0 aliphatic heterocycles. The lowest BCUT2D eigenvalue weighted by Gasteiger charge is -2.19. The third-order valence-corrected chi connectivity index (χ3v) is 3.22. The van der Waals surface area contributed by atoms with Gasteiger partial charge in [-0.05, 0) is 43.2 Å². The van der Waals surface area contributed by atoms with Crippen LogP contribution in [0.3, 0.4) is 0 Å². The molecule has 6 heteroatoms. The molecule has 0 saturated heterocycles. The third-order valence-electron chi connectivity index (χ3n) is 3.22. The van der Waals surface area contributed by atoms with Crippen LogP contribution in [0.2, 0.25) is 0 Å². The summed E-state index contributed by atoms with van der Waals surface area (Å²) in [7, 11) is 1.97. The van der Waals surface area contributed by atoms with Gasteiger partial charge in [0.15, 0.2) is 5.84 Å². The molecule has 0 aliphatic carbocycles. The van der Waals surface area contributed by atoms with Crippen molar-refractivity contribution in [1.29, 1.82) is 0 Å². The second-order valence-corrected chi connectivity index (χ2v) is 4.87. The summed E-state index contributed by atoms with van der Waals surface area (Å²) in [5.41, 5.74) is 8.35. The fourth-order valence-corrected chi connectivity index (χ4v) is 2.01. The Labute approximate surface area is 123 Å². The third kappa shape index (κ3) is 3.92. The van der Waals surface area contributed by atoms with Crippen LogP contribution in [0.5, 0.6) is 0 Å². The molecule has 0 aliphatic rings. The van der Waals surface area contributed by atoms with E-state index >= 15 is 0 Å². The minimum Gasteiger partial charge on any atom is -0.409 e. The number of aromatic nitrogens is 2. The highest BCUT2D eigenvalue weighted by Crippen LogP contribution is 2.14. The number of nitrogens with zero attached hydrogens (tertiary/aromatic N) is 4. The van der Waals surface area contributed by atoms with Crippen molar-refractivity contribution in [3.8, 4) is 0 Å². The number of amidine groups is 1. The highest BCUT2D eigenvalue weighted by molar-refractivity contribution is 5.97. The number of rotatable bonds is 5. The molecular weight excluding hydrogens is 266 g/mol. The Morgan fingerprint density at radius 1 is 1.33 bits per heavy atom. The highest BCUT2D eigenvalue weighted by Gasteiger charge is 2.08. The number of aryl methyl sites for hydroxylation is 1. The summed E-state index contributed by atoms with van der Waals surface area (Å²) in [5.74, 6) is 0.884. The molecule has 6 nitrogen and oxygen atoms in total. The molecule has 2 aromatic heterocycles. The van der Waals surface area contributed by atoms with Crippen molar-refractivity contribution in [2.75, 3.05) is 18.5 Å². The molecule has 21 heavy (non-hydrogen) atoms. The van der Waals surface area contributed by atoms with E-state index in [1.807, 2.05) is 37.1 Å². The first kappa shape index (κ1) is 14.8. The first-order valence-electron chi connectivity index (χ1n) is 6.67. The van der Waals surface area contributed by atoms with Crippen molar-refractivity contribution in [2.45, 2.75) is 13.3 Å². The summed E-state index contributed by atoms with van der Waals surface area (Å²) in [5, 5.41) is 11.8. The maximum absolute atomic E-state index is 8.78. The lowest BCUT2D eigenvalue weighted by Crippen LogP contribution is -2.23. The van der Waals surface area contributed by atoms with E-state index in [2.05, 4.69) is 15.1 Å². The number of nitrogens with two attached hydrogens (primary N) is 1. The van der Waals surface area contributed by atoms with Crippen LogP contribution in [0.1, 0.15) is 16.8 Å². The van der Waals surface area contributed by atoms with E-state index in [0.717, 1.165) is 24.5 Å². The second kappa shape index (κ2) is 6.69. The van der Waals surface area contributed by atoms with Crippen LogP contribution < -0.4 is 10.6 Å². The fourth-order valence-electron chi connectivity index (χ4n) is 2.01. The van der Waals surface area contributed by atoms with Gasteiger partial charge in [-0.25, -0.2) is 4.98 Å². The maximum atomic E-state index is 8.78. The van der Waals surface area contributed by atoms with Crippen LogP contribution in [0, 0.1) is 6.92 Å². The second-order valence-electron chi connectivity index (χ2n) is 4.87. The number of pyridine rings is 2. The molecule has 0 unspecified atom stereocenters. The van der Waals surface area contributed by atoms with Crippen molar-refractivity contribution in [3.05, 3.63) is 53.5 Å². The van der Waals surface area contributed by atoms with Crippen LogP contribution in [0.15, 0.2) is 41.8 Å². The van der Waals surface area contributed by atoms with Crippen molar-refractivity contribution in [1.82, 2.24) is 9.97 Å². The summed E-state index contributed by atoms with van der Waals surface area (Å²) in [6.45, 7) is 2.70. The fraction of sp³-hybridized carbons (Fsp3) is 0.267. The molecule has 3 N–H and O–H groups in total. The van der Waals surface area contributed by atoms with Crippen molar-refractivity contribution < 1.29 is 5.21 Å². The van der Waals surface area contributed by atoms with Crippen molar-refractivity contribution in [3.63, 3.8) is 0 Å². The zero-order valence-electron chi connectivity index (χ0n) is 12.2. The van der Waals surface area contributed by atoms with Gasteiger partial charge < -0.3 is 15.8 Å². The predicted molar refractivity (Wildman–Crippen MR) is 82.7 cm³/mol. The number of anilines is 1. The minimum absolute atomic E-state index is 0.0873. The lowest BCUT2D eigenvalue weighted by atomic mass is 10.2. The van der Waals surface area contributed by atoms with Gasteiger partial charge in [0.1, 0.15) is 5.82 Å². The molecule has 0 atom stereocenters. The number of likely N-dealkylation sites (N-methyl/N-ethyl adjacent to an activating group) is 1. The number of oxime groups is 1. The molecule has 0 saturated carbocycles. The van der Waals surface area contributed by atoms with Crippen molar-refractivity contribution >= 4 is 11.7 Å². The van der Waals surface area contributed by atoms with Gasteiger partial charge in [0.2, 0.25) is 0 Å². The van der Waals surface area contributed by atoms with Gasteiger partial charge >= 0.3 is 0 Å². The van der Waals surface area contributed by atoms with Crippen molar-refractivity contribution in [2.24, 2.45) is 10.9 Å². The molecule has 0 bridgehead atoms. The van der Waals surface area contributed by atoms with Crippen LogP contribution >= 0.6 is 0 Å². The highest BCUT2D eigenvalue weighted by atomic mass is 16.4. The lowest BCUT2D eigenvalue weighted by molar-refractivity contribution is 0.318. The smallest absolute Gasteiger partial charge is 0.170 e. The monoisotopic (exact) mass is 285 g/mol. The Kier molecular flexibility index (Phi) is 4.71. The Balaban J connectivity index is 2.12. The standard InChI is InChI=1S/C15H19N5O/c1-11-9-13(15(16)19-21)10-14(18-11)20(2)8-5-12-3-6-17-7-4-12/h3-4,6-7,9-10,21H,5,8H2,1-2H3,(H2,16,19). The summed E-state index contributed by atoms with van der Waals surface area (Å²) in [6, 6.07) is 7.60. The Morgan fingerprint density at radius 2 is 2.05 bits per heavy atom. The van der Waals surface area contributed by atoms with Gasteiger partial charge in [-0.1, -0.05) is 5.16 Å². The molecule has 0 aromatic carbocycles. The number of hydrogen-bond donors (Lipinski definition) is 2. The Hall–Kier alpha value is -2.63. The van der Waals surface area contributed by atoms with Crippen LogP contribution in [0.25, 0.3) is 0 Å². The molecule has 2 heterocycles. The van der Waals surface area contributed by atoms with Gasteiger partial charge in [-0.3, -0.25) is 4.98 Å². The molecule has 2 rings (SSSR count). The van der Waals surface area contributed by atoms with Crippen LogP contribution in [-0.4, -0.2) is 34.6 Å². The number of hydrogen-bond acceptors (Lipinski definition) is 5. The van der Waals surface area contributed by atoms with E-state index in [0.29, 0.717) is 5.56 Å². The molecule has 0 amide bonds.